The van der Waals surface area contributed by atoms with E-state index in [0.29, 0.717) is 35.6 Å². The van der Waals surface area contributed by atoms with Gasteiger partial charge in [-0.05, 0) is 5.56 Å². The summed E-state index contributed by atoms with van der Waals surface area (Å²) in [5.41, 5.74) is 2.44. The van der Waals surface area contributed by atoms with Gasteiger partial charge in [-0.25, -0.2) is 14.4 Å². The molecule has 1 aromatic heterocycles. The Bertz CT molecular complexity index is 855. The van der Waals surface area contributed by atoms with Gasteiger partial charge in [0.15, 0.2) is 0 Å². The maximum absolute atomic E-state index is 14.9. The Morgan fingerprint density at radius 2 is 1.58 bits per heavy atom. The molecule has 0 saturated heterocycles. The van der Waals surface area contributed by atoms with E-state index in [1.54, 1.807) is 24.5 Å². The highest BCUT2D eigenvalue weighted by molar-refractivity contribution is 5.73. The van der Waals surface area contributed by atoms with Crippen LogP contribution in [0.2, 0.25) is 0 Å². The van der Waals surface area contributed by atoms with Crippen LogP contribution in [0, 0.1) is 17.1 Å². The predicted octanol–water partition coefficient (Wildman–Crippen LogP) is 4.28. The lowest BCUT2D eigenvalue weighted by atomic mass is 9.99. The molecule has 4 nitrogen and oxygen atoms in total. The van der Waals surface area contributed by atoms with Crippen LogP contribution in [0.15, 0.2) is 60.9 Å². The quantitative estimate of drug-likeness (QED) is 0.713. The van der Waals surface area contributed by atoms with Gasteiger partial charge in [0.1, 0.15) is 5.82 Å². The second-order valence-corrected chi connectivity index (χ2v) is 5.16. The van der Waals surface area contributed by atoms with Crippen LogP contribution in [-0.2, 0) is 0 Å². The third-order valence-electron chi connectivity index (χ3n) is 3.57. The van der Waals surface area contributed by atoms with Crippen LogP contribution in [0.3, 0.4) is 0 Å². The number of benzene rings is 2. The van der Waals surface area contributed by atoms with Gasteiger partial charge in [0, 0.05) is 35.6 Å². The summed E-state index contributed by atoms with van der Waals surface area (Å²) in [6.45, 7) is 0.480. The second-order valence-electron chi connectivity index (χ2n) is 5.16. The van der Waals surface area contributed by atoms with E-state index >= 15 is 0 Å². The summed E-state index contributed by atoms with van der Waals surface area (Å²) in [5.74, 6) is 0.131. The maximum Gasteiger partial charge on any atom is 0.222 e. The van der Waals surface area contributed by atoms with E-state index in [1.165, 1.54) is 0 Å². The first-order valence-corrected chi connectivity index (χ1v) is 7.57. The van der Waals surface area contributed by atoms with Gasteiger partial charge in [-0.2, -0.15) is 5.26 Å². The summed E-state index contributed by atoms with van der Waals surface area (Å²) in [6, 6.07) is 16.7. The lowest BCUT2D eigenvalue weighted by Gasteiger charge is -2.09. The molecule has 0 fully saturated rings. The van der Waals surface area contributed by atoms with Crippen LogP contribution in [-0.4, -0.2) is 16.5 Å². The molecule has 0 amide bonds. The van der Waals surface area contributed by atoms with Crippen LogP contribution >= 0.6 is 0 Å². The van der Waals surface area contributed by atoms with E-state index in [1.807, 2.05) is 42.5 Å². The molecule has 24 heavy (non-hydrogen) atoms. The minimum absolute atomic E-state index is 0.294. The van der Waals surface area contributed by atoms with Crippen LogP contribution in [0.5, 0.6) is 0 Å². The summed E-state index contributed by atoms with van der Waals surface area (Å²) < 4.78 is 14.9. The number of nitrogens with one attached hydrogen (secondary N) is 1. The Morgan fingerprint density at radius 3 is 2.25 bits per heavy atom. The summed E-state index contributed by atoms with van der Waals surface area (Å²) in [7, 11) is 0. The number of aromatic nitrogens is 2. The summed E-state index contributed by atoms with van der Waals surface area (Å²) in [6.07, 6.45) is 3.53. The Morgan fingerprint density at radius 1 is 0.917 bits per heavy atom. The molecule has 3 rings (SSSR count). The van der Waals surface area contributed by atoms with Crippen molar-refractivity contribution in [2.75, 3.05) is 11.9 Å². The van der Waals surface area contributed by atoms with Gasteiger partial charge in [-0.3, -0.25) is 0 Å². The van der Waals surface area contributed by atoms with Crippen LogP contribution in [0.25, 0.3) is 22.3 Å². The lowest BCUT2D eigenvalue weighted by molar-refractivity contribution is 0.634. The predicted molar refractivity (Wildman–Crippen MR) is 91.6 cm³/mol. The molecule has 0 aliphatic rings. The highest BCUT2D eigenvalue weighted by Crippen LogP contribution is 2.30. The van der Waals surface area contributed by atoms with Crippen molar-refractivity contribution in [1.82, 2.24) is 9.97 Å². The van der Waals surface area contributed by atoms with Gasteiger partial charge in [0.05, 0.1) is 12.5 Å². The zero-order chi connectivity index (χ0) is 16.8. The van der Waals surface area contributed by atoms with E-state index < -0.39 is 0 Å². The topological polar surface area (TPSA) is 61.6 Å². The molecule has 118 valence electrons. The van der Waals surface area contributed by atoms with Gasteiger partial charge in [0.25, 0.3) is 0 Å². The largest absolute Gasteiger partial charge is 0.353 e. The molecule has 0 saturated carbocycles. The van der Waals surface area contributed by atoms with E-state index in [9.17, 15) is 4.39 Å². The number of hydrogen-bond acceptors (Lipinski definition) is 4. The molecule has 0 unspecified atom stereocenters. The van der Waals surface area contributed by atoms with Gasteiger partial charge in [-0.1, -0.05) is 48.5 Å². The third-order valence-corrected chi connectivity index (χ3v) is 3.57. The van der Waals surface area contributed by atoms with E-state index in [-0.39, 0.29) is 5.82 Å². The molecule has 3 aromatic rings. The molecule has 0 aliphatic carbocycles. The highest BCUT2D eigenvalue weighted by Gasteiger charge is 2.12. The first-order valence-electron chi connectivity index (χ1n) is 7.57. The monoisotopic (exact) mass is 318 g/mol. The molecule has 0 bridgehead atoms. The van der Waals surface area contributed by atoms with Gasteiger partial charge < -0.3 is 5.32 Å². The molecule has 0 spiro atoms. The molecule has 1 heterocycles. The second kappa shape index (κ2) is 7.34. The summed E-state index contributed by atoms with van der Waals surface area (Å²) in [5, 5.41) is 11.5. The fraction of sp³-hybridized carbons (Fsp3) is 0.105. The van der Waals surface area contributed by atoms with Crippen molar-refractivity contribution in [3.05, 3.63) is 66.7 Å². The van der Waals surface area contributed by atoms with E-state index in [4.69, 9.17) is 5.26 Å². The highest BCUT2D eigenvalue weighted by atomic mass is 19.1. The average Bonchev–Trinajstić information content (AvgIpc) is 2.64. The first kappa shape index (κ1) is 15.6. The van der Waals surface area contributed by atoms with Crippen molar-refractivity contribution in [1.29, 1.82) is 5.26 Å². The van der Waals surface area contributed by atoms with Crippen molar-refractivity contribution < 1.29 is 4.39 Å². The van der Waals surface area contributed by atoms with Crippen molar-refractivity contribution in [2.45, 2.75) is 6.42 Å². The summed E-state index contributed by atoms with van der Waals surface area (Å²) >= 11 is 0. The third kappa shape index (κ3) is 3.39. The fourth-order valence-corrected chi connectivity index (χ4v) is 2.38. The Labute approximate surface area is 139 Å². The molecular formula is C19H15FN4. The zero-order valence-corrected chi connectivity index (χ0v) is 12.9. The minimum Gasteiger partial charge on any atom is -0.353 e. The van der Waals surface area contributed by atoms with Crippen LogP contribution in [0.4, 0.5) is 10.3 Å². The number of halogens is 1. The van der Waals surface area contributed by atoms with Gasteiger partial charge >= 0.3 is 0 Å². The smallest absolute Gasteiger partial charge is 0.222 e. The Balaban J connectivity index is 1.89. The van der Waals surface area contributed by atoms with Gasteiger partial charge in [0.2, 0.25) is 5.95 Å². The molecule has 0 radical (unpaired) electrons. The minimum atomic E-state index is -0.294. The fourth-order valence-electron chi connectivity index (χ4n) is 2.38. The molecule has 0 aliphatic heterocycles. The number of rotatable bonds is 5. The standard InChI is InChI=1S/C19H15FN4/c20-18-16(14-6-2-1-3-7-14)8-4-9-17(18)15-12-23-19(24-13-15)22-11-5-10-21/h1-4,6-9,12-13H,5,11H2,(H,22,23,24). The SMILES string of the molecule is N#CCCNc1ncc(-c2cccc(-c3ccccc3)c2F)cn1. The van der Waals surface area contributed by atoms with E-state index in [0.717, 1.165) is 5.56 Å². The maximum atomic E-state index is 14.9. The Hall–Kier alpha value is -3.26. The van der Waals surface area contributed by atoms with Crippen molar-refractivity contribution >= 4 is 5.95 Å². The molecular weight excluding hydrogens is 303 g/mol. The van der Waals surface area contributed by atoms with Crippen molar-refractivity contribution in [3.63, 3.8) is 0 Å². The lowest BCUT2D eigenvalue weighted by Crippen LogP contribution is -2.04. The average molecular weight is 318 g/mol. The van der Waals surface area contributed by atoms with Gasteiger partial charge in [-0.15, -0.1) is 0 Å². The normalized spacial score (nSPS) is 10.2. The number of hydrogen-bond donors (Lipinski definition) is 1. The molecule has 2 aromatic carbocycles. The van der Waals surface area contributed by atoms with Crippen molar-refractivity contribution in [2.24, 2.45) is 0 Å². The molecule has 0 atom stereocenters. The van der Waals surface area contributed by atoms with Crippen LogP contribution in [0.1, 0.15) is 6.42 Å². The molecule has 1 N–H and O–H groups in total. The zero-order valence-electron chi connectivity index (χ0n) is 12.9. The first-order chi connectivity index (χ1) is 11.8. The van der Waals surface area contributed by atoms with Crippen LogP contribution < -0.4 is 5.32 Å². The Kier molecular flexibility index (Phi) is 4.78. The molecule has 5 heteroatoms. The van der Waals surface area contributed by atoms with Crippen molar-refractivity contribution in [3.8, 4) is 28.3 Å². The van der Waals surface area contributed by atoms with E-state index in [2.05, 4.69) is 15.3 Å². The number of nitrogens with zero attached hydrogens (tertiary/aromatic N) is 3. The summed E-state index contributed by atoms with van der Waals surface area (Å²) in [4.78, 5) is 8.34. The number of nitriles is 1. The number of anilines is 1.